The van der Waals surface area contributed by atoms with Gasteiger partial charge in [-0.3, -0.25) is 0 Å². The molecule has 0 aliphatic carbocycles. The zero-order chi connectivity index (χ0) is 18.6. The highest BCUT2D eigenvalue weighted by Crippen LogP contribution is 2.31. The minimum absolute atomic E-state index is 0.288. The molecule has 1 aromatic heterocycles. The number of alkyl halides is 3. The second kappa shape index (κ2) is 7.67. The Bertz CT molecular complexity index is 728. The number of rotatable bonds is 4. The summed E-state index contributed by atoms with van der Waals surface area (Å²) in [4.78, 5) is 10.6. The molecular formula is C17H20F3N5O. The Balaban J connectivity index is 1.74. The monoisotopic (exact) mass is 367 g/mol. The second-order valence-corrected chi connectivity index (χ2v) is 6.06. The van der Waals surface area contributed by atoms with E-state index in [1.54, 1.807) is 0 Å². The van der Waals surface area contributed by atoms with Gasteiger partial charge in [0.1, 0.15) is 17.8 Å². The molecular weight excluding hydrogens is 347 g/mol. The van der Waals surface area contributed by atoms with E-state index in [0.29, 0.717) is 23.0 Å². The number of nitrogens with two attached hydrogens (primary N) is 1. The number of aromatic nitrogens is 2. The maximum absolute atomic E-state index is 12.2. The summed E-state index contributed by atoms with van der Waals surface area (Å²) in [5, 5.41) is 3.02. The van der Waals surface area contributed by atoms with Crippen molar-refractivity contribution in [2.24, 2.45) is 0 Å². The Morgan fingerprint density at radius 1 is 1.00 bits per heavy atom. The third-order valence-corrected chi connectivity index (χ3v) is 4.12. The standard InChI is InChI=1S/C17H20F3N5O/c18-17(19,20)26-13-7-5-12(6-8-13)24-15-14(21)16(23-11-22-15)25-9-3-1-2-4-10-25/h5-8,11H,1-4,9-10,21H2,(H,22,23,24). The van der Waals surface area contributed by atoms with Crippen LogP contribution in [0, 0.1) is 0 Å². The number of nitrogen functional groups attached to an aromatic ring is 1. The minimum atomic E-state index is -4.71. The quantitative estimate of drug-likeness (QED) is 0.848. The normalized spacial score (nSPS) is 15.4. The van der Waals surface area contributed by atoms with E-state index in [-0.39, 0.29) is 5.75 Å². The maximum atomic E-state index is 12.2. The second-order valence-electron chi connectivity index (χ2n) is 6.06. The zero-order valence-corrected chi connectivity index (χ0v) is 14.1. The number of hydrogen-bond donors (Lipinski definition) is 2. The van der Waals surface area contributed by atoms with Gasteiger partial charge in [-0.05, 0) is 37.1 Å². The zero-order valence-electron chi connectivity index (χ0n) is 14.1. The lowest BCUT2D eigenvalue weighted by Gasteiger charge is -2.23. The molecule has 1 saturated heterocycles. The van der Waals surface area contributed by atoms with Crippen molar-refractivity contribution in [3.63, 3.8) is 0 Å². The summed E-state index contributed by atoms with van der Waals surface area (Å²) in [5.74, 6) is 0.814. The molecule has 6 nitrogen and oxygen atoms in total. The van der Waals surface area contributed by atoms with Crippen LogP contribution in [0.3, 0.4) is 0 Å². The van der Waals surface area contributed by atoms with Crippen LogP contribution < -0.4 is 20.7 Å². The number of nitrogens with zero attached hydrogens (tertiary/aromatic N) is 3. The molecule has 0 bridgehead atoms. The minimum Gasteiger partial charge on any atom is -0.406 e. The van der Waals surface area contributed by atoms with Gasteiger partial charge < -0.3 is 20.7 Å². The summed E-state index contributed by atoms with van der Waals surface area (Å²) in [6, 6.07) is 5.38. The molecule has 0 spiro atoms. The average molecular weight is 367 g/mol. The van der Waals surface area contributed by atoms with Gasteiger partial charge in [0, 0.05) is 18.8 Å². The molecule has 1 aromatic carbocycles. The molecule has 0 radical (unpaired) electrons. The molecule has 1 aliphatic rings. The summed E-state index contributed by atoms with van der Waals surface area (Å²) in [5.41, 5.74) is 7.19. The Labute approximate surface area is 149 Å². The number of benzene rings is 1. The van der Waals surface area contributed by atoms with Crippen molar-refractivity contribution in [3.8, 4) is 5.75 Å². The van der Waals surface area contributed by atoms with Crippen molar-refractivity contribution in [2.75, 3.05) is 29.0 Å². The van der Waals surface area contributed by atoms with E-state index in [0.717, 1.165) is 25.9 Å². The van der Waals surface area contributed by atoms with E-state index in [1.165, 1.54) is 43.4 Å². The summed E-state index contributed by atoms with van der Waals surface area (Å²) in [7, 11) is 0. The highest BCUT2D eigenvalue weighted by molar-refractivity contribution is 5.78. The molecule has 0 atom stereocenters. The molecule has 9 heteroatoms. The SMILES string of the molecule is Nc1c(Nc2ccc(OC(F)(F)F)cc2)ncnc1N1CCCCCC1. The molecule has 3 N–H and O–H groups in total. The van der Waals surface area contributed by atoms with Crippen molar-refractivity contribution in [2.45, 2.75) is 32.0 Å². The van der Waals surface area contributed by atoms with E-state index in [2.05, 4.69) is 24.9 Å². The first-order chi connectivity index (χ1) is 12.4. The lowest BCUT2D eigenvalue weighted by atomic mass is 10.2. The molecule has 1 aliphatic heterocycles. The van der Waals surface area contributed by atoms with Crippen molar-refractivity contribution in [1.82, 2.24) is 9.97 Å². The van der Waals surface area contributed by atoms with Gasteiger partial charge in [0.05, 0.1) is 0 Å². The maximum Gasteiger partial charge on any atom is 0.573 e. The number of anilines is 4. The number of ether oxygens (including phenoxy) is 1. The van der Waals surface area contributed by atoms with Crippen molar-refractivity contribution >= 4 is 23.0 Å². The number of hydrogen-bond acceptors (Lipinski definition) is 6. The number of nitrogens with one attached hydrogen (secondary N) is 1. The van der Waals surface area contributed by atoms with Gasteiger partial charge in [0.25, 0.3) is 0 Å². The van der Waals surface area contributed by atoms with Crippen LogP contribution in [-0.4, -0.2) is 29.4 Å². The van der Waals surface area contributed by atoms with Crippen LogP contribution in [0.15, 0.2) is 30.6 Å². The van der Waals surface area contributed by atoms with Gasteiger partial charge in [-0.2, -0.15) is 0 Å². The summed E-state index contributed by atoms with van der Waals surface area (Å²) >= 11 is 0. The Kier molecular flexibility index (Phi) is 5.34. The third-order valence-electron chi connectivity index (χ3n) is 4.12. The fraction of sp³-hybridized carbons (Fsp3) is 0.412. The molecule has 2 heterocycles. The summed E-state index contributed by atoms with van der Waals surface area (Å²) in [6.07, 6.45) is 1.28. The van der Waals surface area contributed by atoms with Crippen LogP contribution in [0.4, 0.5) is 36.2 Å². The fourth-order valence-electron chi connectivity index (χ4n) is 2.90. The lowest BCUT2D eigenvalue weighted by Crippen LogP contribution is -2.26. The van der Waals surface area contributed by atoms with Crippen molar-refractivity contribution in [3.05, 3.63) is 30.6 Å². The van der Waals surface area contributed by atoms with E-state index < -0.39 is 6.36 Å². The Morgan fingerprint density at radius 2 is 1.65 bits per heavy atom. The van der Waals surface area contributed by atoms with Crippen molar-refractivity contribution < 1.29 is 17.9 Å². The van der Waals surface area contributed by atoms with Crippen LogP contribution in [0.2, 0.25) is 0 Å². The van der Waals surface area contributed by atoms with Crippen LogP contribution >= 0.6 is 0 Å². The van der Waals surface area contributed by atoms with Crippen molar-refractivity contribution in [1.29, 1.82) is 0 Å². The van der Waals surface area contributed by atoms with Gasteiger partial charge in [0.2, 0.25) is 0 Å². The van der Waals surface area contributed by atoms with Crippen LogP contribution in [0.1, 0.15) is 25.7 Å². The van der Waals surface area contributed by atoms with Gasteiger partial charge in [-0.1, -0.05) is 12.8 Å². The van der Waals surface area contributed by atoms with Gasteiger partial charge >= 0.3 is 6.36 Å². The topological polar surface area (TPSA) is 76.3 Å². The number of halogens is 3. The third kappa shape index (κ3) is 4.68. The lowest BCUT2D eigenvalue weighted by molar-refractivity contribution is -0.274. The molecule has 3 rings (SSSR count). The molecule has 140 valence electrons. The predicted octanol–water partition coefficient (Wildman–Crippen LogP) is 4.08. The Morgan fingerprint density at radius 3 is 2.27 bits per heavy atom. The van der Waals surface area contributed by atoms with Crippen LogP contribution in [0.25, 0.3) is 0 Å². The molecule has 26 heavy (non-hydrogen) atoms. The largest absolute Gasteiger partial charge is 0.573 e. The van der Waals surface area contributed by atoms with Gasteiger partial charge in [0.15, 0.2) is 11.6 Å². The van der Waals surface area contributed by atoms with Gasteiger partial charge in [-0.15, -0.1) is 13.2 Å². The van der Waals surface area contributed by atoms with E-state index in [4.69, 9.17) is 5.73 Å². The van der Waals surface area contributed by atoms with E-state index in [9.17, 15) is 13.2 Å². The first-order valence-electron chi connectivity index (χ1n) is 8.40. The highest BCUT2D eigenvalue weighted by atomic mass is 19.4. The highest BCUT2D eigenvalue weighted by Gasteiger charge is 2.31. The molecule has 0 saturated carbocycles. The van der Waals surface area contributed by atoms with Crippen LogP contribution in [-0.2, 0) is 0 Å². The average Bonchev–Trinajstić information content (AvgIpc) is 2.86. The van der Waals surface area contributed by atoms with E-state index in [1.807, 2.05) is 0 Å². The predicted molar refractivity (Wildman–Crippen MR) is 93.5 cm³/mol. The molecule has 2 aromatic rings. The van der Waals surface area contributed by atoms with Gasteiger partial charge in [-0.25, -0.2) is 9.97 Å². The summed E-state index contributed by atoms with van der Waals surface area (Å²) in [6.45, 7) is 1.79. The smallest absolute Gasteiger partial charge is 0.406 e. The molecule has 1 fully saturated rings. The molecule has 0 amide bonds. The summed E-state index contributed by atoms with van der Waals surface area (Å²) < 4.78 is 40.5. The van der Waals surface area contributed by atoms with Crippen LogP contribution in [0.5, 0.6) is 5.75 Å². The first-order valence-corrected chi connectivity index (χ1v) is 8.40. The first kappa shape index (κ1) is 18.1. The molecule has 0 unspecified atom stereocenters. The van der Waals surface area contributed by atoms with E-state index >= 15 is 0 Å². The Hall–Kier alpha value is -2.71. The fourth-order valence-corrected chi connectivity index (χ4v) is 2.90.